The third-order valence-electron chi connectivity index (χ3n) is 1.83. The maximum atomic E-state index is 9.45. The summed E-state index contributed by atoms with van der Waals surface area (Å²) in [5, 5.41) is 12.4. The van der Waals surface area contributed by atoms with E-state index in [1.807, 2.05) is 24.3 Å². The van der Waals surface area contributed by atoms with E-state index in [0.717, 1.165) is 11.3 Å². The van der Waals surface area contributed by atoms with Crippen LogP contribution < -0.4 is 5.32 Å². The van der Waals surface area contributed by atoms with E-state index in [0.29, 0.717) is 0 Å². The molecule has 1 heterocycles. The van der Waals surface area contributed by atoms with Gasteiger partial charge in [0.15, 0.2) is 5.72 Å². The number of anilines is 1. The molecule has 0 aromatic heterocycles. The van der Waals surface area contributed by atoms with Crippen LogP contribution in [0.15, 0.2) is 24.3 Å². The van der Waals surface area contributed by atoms with Crippen molar-refractivity contribution in [2.45, 2.75) is 12.6 Å². The average molecular weight is 135 g/mol. The minimum atomic E-state index is -0.795. The molecule has 2 nitrogen and oxygen atoms in total. The van der Waals surface area contributed by atoms with Crippen molar-refractivity contribution in [2.24, 2.45) is 0 Å². The van der Waals surface area contributed by atoms with Crippen LogP contribution in [0.25, 0.3) is 0 Å². The van der Waals surface area contributed by atoms with Crippen molar-refractivity contribution in [2.75, 3.05) is 5.32 Å². The van der Waals surface area contributed by atoms with Crippen LogP contribution in [0.1, 0.15) is 12.5 Å². The molecule has 1 aliphatic heterocycles. The molecule has 0 saturated heterocycles. The van der Waals surface area contributed by atoms with Gasteiger partial charge in [-0.3, -0.25) is 0 Å². The number of fused-ring (bicyclic) bond motifs is 1. The highest BCUT2D eigenvalue weighted by molar-refractivity contribution is 5.64. The molecule has 0 spiro atoms. The number of hydrogen-bond donors (Lipinski definition) is 2. The molecule has 2 N–H and O–H groups in total. The normalized spacial score (nSPS) is 28.2. The van der Waals surface area contributed by atoms with Gasteiger partial charge in [-0.15, -0.1) is 0 Å². The van der Waals surface area contributed by atoms with Crippen molar-refractivity contribution >= 4 is 5.69 Å². The second-order valence-electron chi connectivity index (χ2n) is 2.74. The SMILES string of the molecule is CC1(O)Nc2ccccc21. The lowest BCUT2D eigenvalue weighted by atomic mass is 9.94. The molecule has 0 amide bonds. The summed E-state index contributed by atoms with van der Waals surface area (Å²) >= 11 is 0. The zero-order chi connectivity index (χ0) is 7.19. The molecule has 1 atom stereocenters. The first-order chi connectivity index (χ1) is 4.70. The van der Waals surface area contributed by atoms with Crippen LogP contribution in [0.5, 0.6) is 0 Å². The molecule has 0 fully saturated rings. The fourth-order valence-corrected chi connectivity index (χ4v) is 1.28. The van der Waals surface area contributed by atoms with Crippen LogP contribution in [0.3, 0.4) is 0 Å². The third kappa shape index (κ3) is 0.567. The highest BCUT2D eigenvalue weighted by Crippen LogP contribution is 2.38. The summed E-state index contributed by atoms with van der Waals surface area (Å²) in [4.78, 5) is 0. The Morgan fingerprint density at radius 1 is 1.40 bits per heavy atom. The summed E-state index contributed by atoms with van der Waals surface area (Å²) < 4.78 is 0. The predicted molar refractivity (Wildman–Crippen MR) is 39.6 cm³/mol. The number of rotatable bonds is 0. The van der Waals surface area contributed by atoms with Gasteiger partial charge in [0, 0.05) is 11.3 Å². The Morgan fingerprint density at radius 3 is 2.60 bits per heavy atom. The lowest BCUT2D eigenvalue weighted by Gasteiger charge is -2.38. The van der Waals surface area contributed by atoms with Crippen LogP contribution in [-0.2, 0) is 5.72 Å². The van der Waals surface area contributed by atoms with Crippen molar-refractivity contribution in [3.05, 3.63) is 29.8 Å². The van der Waals surface area contributed by atoms with Crippen molar-refractivity contribution < 1.29 is 5.11 Å². The third-order valence-corrected chi connectivity index (χ3v) is 1.83. The first kappa shape index (κ1) is 5.74. The van der Waals surface area contributed by atoms with Gasteiger partial charge in [0.25, 0.3) is 0 Å². The summed E-state index contributed by atoms with van der Waals surface area (Å²) in [5.41, 5.74) is 1.22. The van der Waals surface area contributed by atoms with Crippen LogP contribution >= 0.6 is 0 Å². The Hall–Kier alpha value is -1.02. The molecule has 1 aromatic rings. The summed E-state index contributed by atoms with van der Waals surface area (Å²) in [7, 11) is 0. The molecule has 0 bridgehead atoms. The van der Waals surface area contributed by atoms with E-state index in [1.54, 1.807) is 6.92 Å². The number of para-hydroxylation sites is 1. The maximum Gasteiger partial charge on any atom is 0.161 e. The smallest absolute Gasteiger partial charge is 0.161 e. The molecule has 0 aliphatic carbocycles. The van der Waals surface area contributed by atoms with Gasteiger partial charge in [0.05, 0.1) is 0 Å². The monoisotopic (exact) mass is 135 g/mol. The topological polar surface area (TPSA) is 32.3 Å². The van der Waals surface area contributed by atoms with Gasteiger partial charge >= 0.3 is 0 Å². The van der Waals surface area contributed by atoms with Crippen molar-refractivity contribution in [1.29, 1.82) is 0 Å². The molecule has 1 aliphatic rings. The van der Waals surface area contributed by atoms with E-state index >= 15 is 0 Å². The Bertz CT molecular complexity index is 268. The number of hydrogen-bond acceptors (Lipinski definition) is 2. The average Bonchev–Trinajstić information content (AvgIpc) is 1.86. The molecule has 1 unspecified atom stereocenters. The van der Waals surface area contributed by atoms with Gasteiger partial charge < -0.3 is 10.4 Å². The quantitative estimate of drug-likeness (QED) is 0.561. The lowest BCUT2D eigenvalue weighted by molar-refractivity contribution is 0.0732. The molecular formula is C8H9NO. The zero-order valence-corrected chi connectivity index (χ0v) is 5.76. The van der Waals surface area contributed by atoms with Gasteiger partial charge in [-0.25, -0.2) is 0 Å². The molecule has 0 saturated carbocycles. The molecule has 0 radical (unpaired) electrons. The Kier molecular flexibility index (Phi) is 0.874. The molecule has 2 heteroatoms. The number of nitrogens with one attached hydrogen (secondary N) is 1. The summed E-state index contributed by atoms with van der Waals surface area (Å²) in [6, 6.07) is 7.74. The summed E-state index contributed by atoms with van der Waals surface area (Å²) in [6.07, 6.45) is 0. The summed E-state index contributed by atoms with van der Waals surface area (Å²) in [5.74, 6) is 0. The van der Waals surface area contributed by atoms with E-state index in [2.05, 4.69) is 5.32 Å². The van der Waals surface area contributed by atoms with E-state index in [4.69, 9.17) is 0 Å². The van der Waals surface area contributed by atoms with E-state index in [9.17, 15) is 5.11 Å². The highest BCUT2D eigenvalue weighted by Gasteiger charge is 2.34. The van der Waals surface area contributed by atoms with E-state index in [1.165, 1.54) is 0 Å². The zero-order valence-electron chi connectivity index (χ0n) is 5.76. The van der Waals surface area contributed by atoms with Gasteiger partial charge in [-0.05, 0) is 13.0 Å². The largest absolute Gasteiger partial charge is 0.367 e. The minimum absolute atomic E-state index is 0.795. The van der Waals surface area contributed by atoms with Crippen LogP contribution in [0.4, 0.5) is 5.69 Å². The van der Waals surface area contributed by atoms with Crippen molar-refractivity contribution in [1.82, 2.24) is 0 Å². The second-order valence-corrected chi connectivity index (χ2v) is 2.74. The van der Waals surface area contributed by atoms with Crippen LogP contribution in [0, 0.1) is 0 Å². The van der Waals surface area contributed by atoms with Gasteiger partial charge in [-0.1, -0.05) is 18.2 Å². The second kappa shape index (κ2) is 1.52. The number of aliphatic hydroxyl groups is 1. The molecule has 52 valence electrons. The fraction of sp³-hybridized carbons (Fsp3) is 0.250. The first-order valence-electron chi connectivity index (χ1n) is 3.30. The van der Waals surface area contributed by atoms with E-state index < -0.39 is 5.72 Å². The lowest BCUT2D eigenvalue weighted by Crippen LogP contribution is -2.40. The maximum absolute atomic E-state index is 9.45. The van der Waals surface area contributed by atoms with Crippen LogP contribution in [-0.4, -0.2) is 5.11 Å². The fourth-order valence-electron chi connectivity index (χ4n) is 1.28. The molecule has 1 aromatic carbocycles. The van der Waals surface area contributed by atoms with Crippen LogP contribution in [0.2, 0.25) is 0 Å². The minimum Gasteiger partial charge on any atom is -0.367 e. The standard InChI is InChI=1S/C8H9NO/c1-8(10)6-4-2-3-5-7(6)9-8/h2-5,9-10H,1H3. The molecule has 10 heavy (non-hydrogen) atoms. The first-order valence-corrected chi connectivity index (χ1v) is 3.30. The molecular weight excluding hydrogens is 126 g/mol. The van der Waals surface area contributed by atoms with Crippen molar-refractivity contribution in [3.8, 4) is 0 Å². The van der Waals surface area contributed by atoms with Gasteiger partial charge in [0.1, 0.15) is 0 Å². The summed E-state index contributed by atoms with van der Waals surface area (Å²) in [6.45, 7) is 1.75. The number of benzene rings is 1. The Morgan fingerprint density at radius 2 is 2.10 bits per heavy atom. The van der Waals surface area contributed by atoms with E-state index in [-0.39, 0.29) is 0 Å². The van der Waals surface area contributed by atoms with Gasteiger partial charge in [0.2, 0.25) is 0 Å². The van der Waals surface area contributed by atoms with Gasteiger partial charge in [-0.2, -0.15) is 0 Å². The predicted octanol–water partition coefficient (Wildman–Crippen LogP) is 1.28. The Labute approximate surface area is 59.5 Å². The Balaban J connectivity index is 2.53. The van der Waals surface area contributed by atoms with Crippen molar-refractivity contribution in [3.63, 3.8) is 0 Å². The molecule has 2 rings (SSSR count). The highest BCUT2D eigenvalue weighted by atomic mass is 16.3.